The van der Waals surface area contributed by atoms with Gasteiger partial charge in [-0.1, -0.05) is 19.1 Å². The molecule has 1 saturated heterocycles. The van der Waals surface area contributed by atoms with Crippen molar-refractivity contribution in [3.05, 3.63) is 12.2 Å². The van der Waals surface area contributed by atoms with Crippen LogP contribution in [-0.2, 0) is 9.47 Å². The summed E-state index contributed by atoms with van der Waals surface area (Å²) in [6.07, 6.45) is 9.07. The zero-order chi connectivity index (χ0) is 11.9. The molecule has 1 aliphatic heterocycles. The first kappa shape index (κ1) is 11.7. The highest BCUT2D eigenvalue weighted by Gasteiger charge is 2.43. The zero-order valence-corrected chi connectivity index (χ0v) is 11.0. The van der Waals surface area contributed by atoms with Crippen molar-refractivity contribution in [1.29, 1.82) is 0 Å². The molecular formula is C15H24O2. The van der Waals surface area contributed by atoms with E-state index in [-0.39, 0.29) is 0 Å². The summed E-state index contributed by atoms with van der Waals surface area (Å²) in [4.78, 5) is 0. The van der Waals surface area contributed by atoms with Crippen LogP contribution in [0.25, 0.3) is 0 Å². The maximum atomic E-state index is 6.16. The van der Waals surface area contributed by atoms with Crippen molar-refractivity contribution < 1.29 is 9.47 Å². The van der Waals surface area contributed by atoms with Crippen LogP contribution < -0.4 is 0 Å². The molecule has 0 spiro atoms. The summed E-state index contributed by atoms with van der Waals surface area (Å²) < 4.78 is 11.5. The van der Waals surface area contributed by atoms with Crippen LogP contribution in [0.15, 0.2) is 12.2 Å². The number of fused-ring (bicyclic) bond motifs is 2. The van der Waals surface area contributed by atoms with Gasteiger partial charge in [-0.2, -0.15) is 0 Å². The molecular weight excluding hydrogens is 212 g/mol. The van der Waals surface area contributed by atoms with Crippen molar-refractivity contribution in [2.45, 2.75) is 39.2 Å². The lowest BCUT2D eigenvalue weighted by molar-refractivity contribution is -0.187. The summed E-state index contributed by atoms with van der Waals surface area (Å²) in [5.41, 5.74) is 0.313. The van der Waals surface area contributed by atoms with E-state index in [9.17, 15) is 0 Å². The topological polar surface area (TPSA) is 18.5 Å². The van der Waals surface area contributed by atoms with Crippen LogP contribution in [0.5, 0.6) is 0 Å². The van der Waals surface area contributed by atoms with Gasteiger partial charge in [0.25, 0.3) is 0 Å². The second-order valence-electron chi connectivity index (χ2n) is 6.22. The van der Waals surface area contributed by atoms with Crippen molar-refractivity contribution in [3.8, 4) is 0 Å². The van der Waals surface area contributed by atoms with Gasteiger partial charge in [0.2, 0.25) is 0 Å². The van der Waals surface area contributed by atoms with Gasteiger partial charge < -0.3 is 9.47 Å². The molecule has 2 bridgehead atoms. The van der Waals surface area contributed by atoms with Gasteiger partial charge in [-0.15, -0.1) is 0 Å². The van der Waals surface area contributed by atoms with E-state index in [1.54, 1.807) is 0 Å². The average molecular weight is 236 g/mol. The van der Waals surface area contributed by atoms with Gasteiger partial charge in [0.05, 0.1) is 25.9 Å². The van der Waals surface area contributed by atoms with E-state index in [0.29, 0.717) is 11.5 Å². The normalized spacial score (nSPS) is 39.3. The van der Waals surface area contributed by atoms with E-state index >= 15 is 0 Å². The Balaban J connectivity index is 1.49. The van der Waals surface area contributed by atoms with Gasteiger partial charge >= 0.3 is 0 Å². The molecule has 1 saturated carbocycles. The molecule has 96 valence electrons. The first-order valence-corrected chi connectivity index (χ1v) is 7.11. The lowest BCUT2D eigenvalue weighted by atomic mass is 9.78. The molecule has 0 aromatic carbocycles. The minimum absolute atomic E-state index is 0.313. The van der Waals surface area contributed by atoms with Gasteiger partial charge in [-0.05, 0) is 43.9 Å². The molecule has 2 heteroatoms. The Kier molecular flexibility index (Phi) is 3.04. The Hall–Kier alpha value is -0.340. The molecule has 3 rings (SSSR count). The molecule has 0 radical (unpaired) electrons. The fourth-order valence-electron chi connectivity index (χ4n) is 3.62. The van der Waals surface area contributed by atoms with Crippen LogP contribution in [0.4, 0.5) is 0 Å². The minimum atomic E-state index is 0.313. The van der Waals surface area contributed by atoms with Gasteiger partial charge in [0, 0.05) is 5.41 Å². The van der Waals surface area contributed by atoms with E-state index < -0.39 is 0 Å². The zero-order valence-electron chi connectivity index (χ0n) is 11.0. The molecule has 0 aromatic rings. The third-order valence-corrected chi connectivity index (χ3v) is 5.32. The fraction of sp³-hybridized carbons (Fsp3) is 0.867. The molecule has 2 aliphatic carbocycles. The molecule has 4 unspecified atom stereocenters. The number of hydrogen-bond acceptors (Lipinski definition) is 2. The van der Waals surface area contributed by atoms with Crippen LogP contribution in [0.1, 0.15) is 33.1 Å². The predicted molar refractivity (Wildman–Crippen MR) is 67.8 cm³/mol. The summed E-state index contributed by atoms with van der Waals surface area (Å²) in [6, 6.07) is 0. The lowest BCUT2D eigenvalue weighted by Gasteiger charge is -2.45. The van der Waals surface area contributed by atoms with Gasteiger partial charge in [0.1, 0.15) is 0 Å². The Bertz CT molecular complexity index is 301. The fourth-order valence-corrected chi connectivity index (χ4v) is 3.62. The lowest BCUT2D eigenvalue weighted by Crippen LogP contribution is -2.51. The number of ether oxygens (including phenoxy) is 2. The van der Waals surface area contributed by atoms with Crippen LogP contribution >= 0.6 is 0 Å². The van der Waals surface area contributed by atoms with Crippen molar-refractivity contribution in [3.63, 3.8) is 0 Å². The maximum absolute atomic E-state index is 6.16. The minimum Gasteiger partial charge on any atom is -0.380 e. The number of allylic oxidation sites excluding steroid dienone is 2. The third-order valence-electron chi connectivity index (χ3n) is 5.32. The predicted octanol–water partition coefficient (Wildman–Crippen LogP) is 3.03. The molecule has 2 nitrogen and oxygen atoms in total. The Morgan fingerprint density at radius 3 is 2.65 bits per heavy atom. The molecule has 3 aliphatic rings. The summed E-state index contributed by atoms with van der Waals surface area (Å²) in [6.45, 7) is 7.22. The standard InChI is InChI=1S/C15H24O2/c1-3-15(9-16-10-15)11(2)17-8-14-7-12-4-5-13(14)6-12/h4-5,11-14H,3,6-10H2,1-2H3. The maximum Gasteiger partial charge on any atom is 0.0647 e. The molecule has 0 aromatic heterocycles. The number of rotatable bonds is 5. The van der Waals surface area contributed by atoms with Crippen LogP contribution in [0.3, 0.4) is 0 Å². The molecule has 0 amide bonds. The van der Waals surface area contributed by atoms with E-state index in [0.717, 1.165) is 37.6 Å². The highest BCUT2D eigenvalue weighted by Crippen LogP contribution is 2.44. The number of hydrogen-bond donors (Lipinski definition) is 0. The van der Waals surface area contributed by atoms with E-state index in [1.165, 1.54) is 19.3 Å². The summed E-state index contributed by atoms with van der Waals surface area (Å²) in [5.74, 6) is 2.45. The van der Waals surface area contributed by atoms with Crippen LogP contribution in [0.2, 0.25) is 0 Å². The molecule has 1 heterocycles. The Morgan fingerprint density at radius 2 is 2.18 bits per heavy atom. The summed E-state index contributed by atoms with van der Waals surface area (Å²) >= 11 is 0. The van der Waals surface area contributed by atoms with E-state index in [2.05, 4.69) is 26.0 Å². The molecule has 2 fully saturated rings. The van der Waals surface area contributed by atoms with E-state index in [1.807, 2.05) is 0 Å². The second kappa shape index (κ2) is 4.40. The molecule has 4 atom stereocenters. The second-order valence-corrected chi connectivity index (χ2v) is 6.22. The highest BCUT2D eigenvalue weighted by atomic mass is 16.5. The van der Waals surface area contributed by atoms with E-state index in [4.69, 9.17) is 9.47 Å². The molecule has 0 N–H and O–H groups in total. The van der Waals surface area contributed by atoms with Crippen LogP contribution in [-0.4, -0.2) is 25.9 Å². The van der Waals surface area contributed by atoms with Gasteiger partial charge in [-0.25, -0.2) is 0 Å². The molecule has 17 heavy (non-hydrogen) atoms. The Morgan fingerprint density at radius 1 is 1.35 bits per heavy atom. The third kappa shape index (κ3) is 1.96. The van der Waals surface area contributed by atoms with Crippen molar-refractivity contribution in [1.82, 2.24) is 0 Å². The van der Waals surface area contributed by atoms with Crippen molar-refractivity contribution in [2.75, 3.05) is 19.8 Å². The first-order valence-electron chi connectivity index (χ1n) is 7.11. The quantitative estimate of drug-likeness (QED) is 0.683. The summed E-state index contributed by atoms with van der Waals surface area (Å²) in [7, 11) is 0. The first-order chi connectivity index (χ1) is 8.23. The van der Waals surface area contributed by atoms with Crippen molar-refractivity contribution in [2.24, 2.45) is 23.2 Å². The highest BCUT2D eigenvalue weighted by molar-refractivity contribution is 5.10. The van der Waals surface area contributed by atoms with Gasteiger partial charge in [-0.3, -0.25) is 0 Å². The average Bonchev–Trinajstić information content (AvgIpc) is 2.87. The Labute approximate surface area is 104 Å². The van der Waals surface area contributed by atoms with Gasteiger partial charge in [0.15, 0.2) is 0 Å². The smallest absolute Gasteiger partial charge is 0.0647 e. The SMILES string of the molecule is CCC1(C(C)OCC2CC3C=CC2C3)COC1. The monoisotopic (exact) mass is 236 g/mol. The van der Waals surface area contributed by atoms with Crippen LogP contribution in [0, 0.1) is 23.2 Å². The summed E-state index contributed by atoms with van der Waals surface area (Å²) in [5, 5.41) is 0. The largest absolute Gasteiger partial charge is 0.380 e. The van der Waals surface area contributed by atoms with Crippen molar-refractivity contribution >= 4 is 0 Å².